The number of likely N-dealkylation sites (tertiary alicyclic amines) is 1. The van der Waals surface area contributed by atoms with Crippen LogP contribution >= 0.6 is 0 Å². The van der Waals surface area contributed by atoms with Crippen molar-refractivity contribution in [3.63, 3.8) is 0 Å². The maximum Gasteiger partial charge on any atom is 0.254 e. The lowest BCUT2D eigenvalue weighted by Gasteiger charge is -2.31. The molecule has 1 N–H and O–H groups in total. The van der Waals surface area contributed by atoms with Gasteiger partial charge in [0, 0.05) is 18.7 Å². The summed E-state index contributed by atoms with van der Waals surface area (Å²) in [5.74, 6) is 0.497. The van der Waals surface area contributed by atoms with Crippen molar-refractivity contribution in [2.75, 3.05) is 24.1 Å². The van der Waals surface area contributed by atoms with Crippen LogP contribution in [0.2, 0.25) is 0 Å². The highest BCUT2D eigenvalue weighted by molar-refractivity contribution is 7.92. The molecule has 1 fully saturated rings. The Morgan fingerprint density at radius 2 is 2.10 bits per heavy atom. The number of amides is 1. The van der Waals surface area contributed by atoms with Gasteiger partial charge >= 0.3 is 0 Å². The molecule has 0 bridgehead atoms. The number of benzene rings is 1. The molecule has 116 valence electrons. The number of hydrogen-bond donors (Lipinski definition) is 1. The number of sulfonamides is 1. The molecule has 1 aliphatic rings. The first-order chi connectivity index (χ1) is 9.78. The van der Waals surface area contributed by atoms with Crippen molar-refractivity contribution in [2.24, 2.45) is 5.92 Å². The van der Waals surface area contributed by atoms with Crippen molar-refractivity contribution >= 4 is 21.6 Å². The lowest BCUT2D eigenvalue weighted by molar-refractivity contribution is 0.0682. The molecular weight excluding hydrogens is 288 g/mol. The molecule has 0 aromatic heterocycles. The first-order valence-corrected chi connectivity index (χ1v) is 9.04. The Balaban J connectivity index is 2.27. The number of nitrogens with one attached hydrogen (secondary N) is 1. The molecule has 0 saturated carbocycles. The van der Waals surface area contributed by atoms with E-state index in [1.807, 2.05) is 4.90 Å². The van der Waals surface area contributed by atoms with Crippen LogP contribution < -0.4 is 4.72 Å². The molecular formula is C15H22N2O3S. The molecule has 0 aliphatic carbocycles. The number of hydrogen-bond acceptors (Lipinski definition) is 3. The minimum Gasteiger partial charge on any atom is -0.338 e. The molecule has 6 heteroatoms. The number of carbonyl (C=O) groups is 1. The topological polar surface area (TPSA) is 66.5 Å². The van der Waals surface area contributed by atoms with E-state index in [4.69, 9.17) is 0 Å². The molecule has 5 nitrogen and oxygen atoms in total. The number of rotatable bonds is 3. The highest BCUT2D eigenvalue weighted by Gasteiger charge is 2.23. The van der Waals surface area contributed by atoms with Gasteiger partial charge in [-0.15, -0.1) is 0 Å². The second kappa shape index (κ2) is 6.05. The van der Waals surface area contributed by atoms with Crippen LogP contribution in [0.15, 0.2) is 18.2 Å². The van der Waals surface area contributed by atoms with E-state index in [2.05, 4.69) is 11.6 Å². The number of anilines is 1. The van der Waals surface area contributed by atoms with Gasteiger partial charge in [-0.3, -0.25) is 9.52 Å². The van der Waals surface area contributed by atoms with Crippen molar-refractivity contribution in [1.29, 1.82) is 0 Å². The first-order valence-electron chi connectivity index (χ1n) is 7.14. The molecule has 1 heterocycles. The van der Waals surface area contributed by atoms with Crippen molar-refractivity contribution in [3.8, 4) is 0 Å². The van der Waals surface area contributed by atoms with E-state index in [1.54, 1.807) is 25.1 Å². The minimum atomic E-state index is -3.35. The molecule has 1 aromatic rings. The summed E-state index contributed by atoms with van der Waals surface area (Å²) in [7, 11) is -3.35. The van der Waals surface area contributed by atoms with E-state index in [-0.39, 0.29) is 5.91 Å². The standard InChI is InChI=1S/C15H22N2O3S/c1-11-6-5-9-17(10-11)15(18)13-7-4-8-14(12(13)2)16-21(3,19)20/h4,7-8,11,16H,5-6,9-10H2,1-3H3/t11-/m0/s1. The fraction of sp³-hybridized carbons (Fsp3) is 0.533. The molecule has 0 spiro atoms. The lowest BCUT2D eigenvalue weighted by Crippen LogP contribution is -2.39. The summed E-state index contributed by atoms with van der Waals surface area (Å²) in [5.41, 5.74) is 1.71. The van der Waals surface area contributed by atoms with Crippen molar-refractivity contribution in [2.45, 2.75) is 26.7 Å². The monoisotopic (exact) mass is 310 g/mol. The number of carbonyl (C=O) groups excluding carboxylic acids is 1. The third kappa shape index (κ3) is 3.97. The molecule has 1 aliphatic heterocycles. The second-order valence-electron chi connectivity index (χ2n) is 5.85. The van der Waals surface area contributed by atoms with Crippen LogP contribution in [0.4, 0.5) is 5.69 Å². The van der Waals surface area contributed by atoms with Crippen LogP contribution in [0.3, 0.4) is 0 Å². The van der Waals surface area contributed by atoms with Crippen molar-refractivity contribution in [3.05, 3.63) is 29.3 Å². The van der Waals surface area contributed by atoms with Crippen LogP contribution in [0.5, 0.6) is 0 Å². The molecule has 1 amide bonds. The molecule has 1 aromatic carbocycles. The Bertz CT molecular complexity index is 640. The van der Waals surface area contributed by atoms with Crippen LogP contribution in [0, 0.1) is 12.8 Å². The zero-order valence-electron chi connectivity index (χ0n) is 12.7. The van der Waals surface area contributed by atoms with E-state index in [0.29, 0.717) is 22.7 Å². The van der Waals surface area contributed by atoms with E-state index < -0.39 is 10.0 Å². The summed E-state index contributed by atoms with van der Waals surface area (Å²) in [6.07, 6.45) is 3.28. The Hall–Kier alpha value is -1.56. The number of piperidine rings is 1. The molecule has 1 saturated heterocycles. The summed E-state index contributed by atoms with van der Waals surface area (Å²) >= 11 is 0. The minimum absolute atomic E-state index is 0.0174. The number of nitrogens with zero attached hydrogens (tertiary/aromatic N) is 1. The Kier molecular flexibility index (Phi) is 4.56. The average Bonchev–Trinajstić information content (AvgIpc) is 2.39. The zero-order chi connectivity index (χ0) is 15.6. The highest BCUT2D eigenvalue weighted by Crippen LogP contribution is 2.23. The van der Waals surface area contributed by atoms with Gasteiger partial charge in [0.1, 0.15) is 0 Å². The fourth-order valence-corrected chi connectivity index (χ4v) is 3.34. The van der Waals surface area contributed by atoms with Crippen molar-refractivity contribution < 1.29 is 13.2 Å². The highest BCUT2D eigenvalue weighted by atomic mass is 32.2. The molecule has 0 radical (unpaired) electrons. The van der Waals surface area contributed by atoms with Crippen molar-refractivity contribution in [1.82, 2.24) is 4.90 Å². The third-order valence-corrected chi connectivity index (χ3v) is 4.39. The Labute approximate surface area is 126 Å². The Morgan fingerprint density at radius 1 is 1.38 bits per heavy atom. The van der Waals surface area contributed by atoms with Gasteiger partial charge < -0.3 is 4.90 Å². The third-order valence-electron chi connectivity index (χ3n) is 3.80. The van der Waals surface area contributed by atoms with Crippen LogP contribution in [-0.4, -0.2) is 38.6 Å². The van der Waals surface area contributed by atoms with E-state index >= 15 is 0 Å². The second-order valence-corrected chi connectivity index (χ2v) is 7.60. The lowest BCUT2D eigenvalue weighted by atomic mass is 9.98. The summed E-state index contributed by atoms with van der Waals surface area (Å²) in [6, 6.07) is 5.14. The maximum absolute atomic E-state index is 12.6. The maximum atomic E-state index is 12.6. The summed E-state index contributed by atoms with van der Waals surface area (Å²) in [5, 5.41) is 0. The molecule has 21 heavy (non-hydrogen) atoms. The SMILES string of the molecule is Cc1c(NS(C)(=O)=O)cccc1C(=O)N1CCC[C@H](C)C1. The van der Waals surface area contributed by atoms with Gasteiger partial charge in [0.2, 0.25) is 10.0 Å². The first kappa shape index (κ1) is 15.8. The van der Waals surface area contributed by atoms with Gasteiger partial charge in [0.25, 0.3) is 5.91 Å². The van der Waals surface area contributed by atoms with E-state index in [9.17, 15) is 13.2 Å². The van der Waals surface area contributed by atoms with Gasteiger partial charge in [-0.05, 0) is 43.4 Å². The quantitative estimate of drug-likeness (QED) is 0.931. The Morgan fingerprint density at radius 3 is 2.71 bits per heavy atom. The normalized spacial score (nSPS) is 19.4. The summed E-state index contributed by atoms with van der Waals surface area (Å²) in [4.78, 5) is 14.5. The van der Waals surface area contributed by atoms with Gasteiger partial charge in [-0.25, -0.2) is 8.42 Å². The van der Waals surface area contributed by atoms with Crippen LogP contribution in [0.25, 0.3) is 0 Å². The molecule has 1 atom stereocenters. The van der Waals surface area contributed by atoms with Gasteiger partial charge in [0.15, 0.2) is 0 Å². The summed E-state index contributed by atoms with van der Waals surface area (Å²) < 4.78 is 25.2. The fourth-order valence-electron chi connectivity index (χ4n) is 2.72. The largest absolute Gasteiger partial charge is 0.338 e. The molecule has 0 unspecified atom stereocenters. The zero-order valence-corrected chi connectivity index (χ0v) is 13.5. The van der Waals surface area contributed by atoms with Crippen LogP contribution in [-0.2, 0) is 10.0 Å². The van der Waals surface area contributed by atoms with Gasteiger partial charge in [-0.2, -0.15) is 0 Å². The summed E-state index contributed by atoms with van der Waals surface area (Å²) in [6.45, 7) is 5.45. The van der Waals surface area contributed by atoms with Gasteiger partial charge in [-0.1, -0.05) is 13.0 Å². The predicted molar refractivity (Wildman–Crippen MR) is 83.9 cm³/mol. The van der Waals surface area contributed by atoms with E-state index in [1.165, 1.54) is 0 Å². The smallest absolute Gasteiger partial charge is 0.254 e. The predicted octanol–water partition coefficient (Wildman–Crippen LogP) is 2.24. The van der Waals surface area contributed by atoms with E-state index in [0.717, 1.165) is 32.2 Å². The average molecular weight is 310 g/mol. The molecule has 2 rings (SSSR count). The van der Waals surface area contributed by atoms with Gasteiger partial charge in [0.05, 0.1) is 11.9 Å². The van der Waals surface area contributed by atoms with Crippen LogP contribution in [0.1, 0.15) is 35.7 Å².